The highest BCUT2D eigenvalue weighted by atomic mass is 16.2. The Morgan fingerprint density at radius 1 is 0.767 bits per heavy atom. The predicted molar refractivity (Wildman–Crippen MR) is 116 cm³/mol. The van der Waals surface area contributed by atoms with Gasteiger partial charge in [0.1, 0.15) is 0 Å². The fourth-order valence-corrected chi connectivity index (χ4v) is 2.56. The molecule has 0 unspecified atom stereocenters. The highest BCUT2D eigenvalue weighted by molar-refractivity contribution is 6.40. The van der Waals surface area contributed by atoms with Crippen molar-refractivity contribution in [3.05, 3.63) is 95.6 Å². The van der Waals surface area contributed by atoms with E-state index in [1.807, 2.05) is 37.3 Å². The van der Waals surface area contributed by atoms with Gasteiger partial charge in [0.25, 0.3) is 5.91 Å². The van der Waals surface area contributed by atoms with Crippen LogP contribution in [0.1, 0.15) is 21.5 Å². The van der Waals surface area contributed by atoms with Crippen LogP contribution in [0.25, 0.3) is 0 Å². The van der Waals surface area contributed by atoms with E-state index in [4.69, 9.17) is 0 Å². The zero-order valence-corrected chi connectivity index (χ0v) is 16.3. The van der Waals surface area contributed by atoms with Crippen molar-refractivity contribution in [2.75, 3.05) is 10.6 Å². The Hall–Kier alpha value is -4.26. The van der Waals surface area contributed by atoms with Crippen molar-refractivity contribution >= 4 is 35.3 Å². The smallest absolute Gasteiger partial charge is 0.322 e. The minimum Gasteiger partial charge on any atom is -0.322 e. The van der Waals surface area contributed by atoms with Crippen LogP contribution in [0, 0.1) is 6.92 Å². The molecule has 0 heterocycles. The van der Waals surface area contributed by atoms with Gasteiger partial charge in [0, 0.05) is 5.69 Å². The van der Waals surface area contributed by atoms with E-state index in [2.05, 4.69) is 21.2 Å². The van der Waals surface area contributed by atoms with Crippen LogP contribution < -0.4 is 16.1 Å². The van der Waals surface area contributed by atoms with E-state index in [9.17, 15) is 14.4 Å². The highest BCUT2D eigenvalue weighted by Gasteiger charge is 2.17. The van der Waals surface area contributed by atoms with Crippen molar-refractivity contribution in [1.82, 2.24) is 5.43 Å². The molecule has 0 bridgehead atoms. The number of amides is 3. The Balaban J connectivity index is 1.62. The van der Waals surface area contributed by atoms with Crippen LogP contribution in [-0.4, -0.2) is 23.9 Å². The van der Waals surface area contributed by atoms with E-state index in [1.165, 1.54) is 6.21 Å². The number of aryl methyl sites for hydroxylation is 1. The number of carbonyl (C=O) groups excluding carboxylic acids is 3. The van der Waals surface area contributed by atoms with Gasteiger partial charge in [-0.05, 0) is 36.8 Å². The molecule has 0 saturated carbocycles. The van der Waals surface area contributed by atoms with Gasteiger partial charge >= 0.3 is 11.8 Å². The van der Waals surface area contributed by atoms with Crippen LogP contribution in [0.2, 0.25) is 0 Å². The third kappa shape index (κ3) is 5.62. The average molecular weight is 400 g/mol. The molecule has 0 aromatic heterocycles. The molecule has 0 saturated heterocycles. The molecule has 0 spiro atoms. The molecule has 0 aliphatic heterocycles. The first kappa shape index (κ1) is 20.5. The number of para-hydroxylation sites is 2. The largest absolute Gasteiger partial charge is 0.329 e. The van der Waals surface area contributed by atoms with Crippen LogP contribution >= 0.6 is 0 Å². The third-order valence-electron chi connectivity index (χ3n) is 4.11. The second kappa shape index (κ2) is 9.79. The van der Waals surface area contributed by atoms with E-state index in [0.29, 0.717) is 5.69 Å². The summed E-state index contributed by atoms with van der Waals surface area (Å²) in [4.78, 5) is 36.8. The van der Waals surface area contributed by atoms with Crippen LogP contribution in [0.15, 0.2) is 84.0 Å². The lowest BCUT2D eigenvalue weighted by Crippen LogP contribution is -2.33. The molecule has 30 heavy (non-hydrogen) atoms. The Morgan fingerprint density at radius 3 is 2.17 bits per heavy atom. The number of benzene rings is 3. The minimum absolute atomic E-state index is 0.216. The first-order valence-electron chi connectivity index (χ1n) is 9.19. The van der Waals surface area contributed by atoms with Crippen molar-refractivity contribution in [2.45, 2.75) is 6.92 Å². The van der Waals surface area contributed by atoms with E-state index >= 15 is 0 Å². The molecular formula is C23H20N4O3. The van der Waals surface area contributed by atoms with Gasteiger partial charge in [-0.2, -0.15) is 5.10 Å². The van der Waals surface area contributed by atoms with E-state index in [-0.39, 0.29) is 11.3 Å². The number of rotatable bonds is 5. The Morgan fingerprint density at radius 2 is 1.43 bits per heavy atom. The molecule has 0 aliphatic carbocycles. The van der Waals surface area contributed by atoms with Crippen LogP contribution in [0.4, 0.5) is 11.4 Å². The predicted octanol–water partition coefficient (Wildman–Crippen LogP) is 3.34. The molecule has 3 amide bonds. The molecule has 3 aromatic carbocycles. The maximum Gasteiger partial charge on any atom is 0.329 e. The summed E-state index contributed by atoms with van der Waals surface area (Å²) in [5.74, 6) is -2.29. The fraction of sp³-hybridized carbons (Fsp3) is 0.0435. The molecule has 150 valence electrons. The number of nitrogens with one attached hydrogen (secondary N) is 3. The van der Waals surface area contributed by atoms with E-state index in [1.54, 1.807) is 48.5 Å². The van der Waals surface area contributed by atoms with Gasteiger partial charge in [-0.1, -0.05) is 60.2 Å². The van der Waals surface area contributed by atoms with Crippen molar-refractivity contribution in [1.29, 1.82) is 0 Å². The molecule has 3 rings (SSSR count). The zero-order valence-electron chi connectivity index (χ0n) is 16.3. The Bertz CT molecular complexity index is 1080. The van der Waals surface area contributed by atoms with Gasteiger partial charge in [-0.3, -0.25) is 14.4 Å². The summed E-state index contributed by atoms with van der Waals surface area (Å²) in [7, 11) is 0. The topological polar surface area (TPSA) is 99.7 Å². The first-order chi connectivity index (χ1) is 14.5. The molecule has 0 radical (unpaired) electrons. The summed E-state index contributed by atoms with van der Waals surface area (Å²) in [5.41, 5.74) is 5.12. The number of carbonyl (C=O) groups is 3. The SMILES string of the molecule is Cc1ccc(/C=N\NC(=O)C(=O)Nc2ccccc2C(=O)Nc2ccccc2)cc1. The lowest BCUT2D eigenvalue weighted by atomic mass is 10.1. The third-order valence-corrected chi connectivity index (χ3v) is 4.11. The fourth-order valence-electron chi connectivity index (χ4n) is 2.56. The van der Waals surface area contributed by atoms with Crippen molar-refractivity contribution in [3.63, 3.8) is 0 Å². The van der Waals surface area contributed by atoms with E-state index < -0.39 is 17.7 Å². The van der Waals surface area contributed by atoms with Crippen LogP contribution in [0.3, 0.4) is 0 Å². The molecular weight excluding hydrogens is 380 g/mol. The van der Waals surface area contributed by atoms with Crippen molar-refractivity contribution in [2.24, 2.45) is 5.10 Å². The summed E-state index contributed by atoms with van der Waals surface area (Å²) < 4.78 is 0. The quantitative estimate of drug-likeness (QED) is 0.348. The molecule has 0 atom stereocenters. The molecule has 3 aromatic rings. The summed E-state index contributed by atoms with van der Waals surface area (Å²) in [6.45, 7) is 1.96. The van der Waals surface area contributed by atoms with Gasteiger partial charge in [0.15, 0.2) is 0 Å². The normalized spacial score (nSPS) is 10.4. The number of hydrogen-bond acceptors (Lipinski definition) is 4. The highest BCUT2D eigenvalue weighted by Crippen LogP contribution is 2.17. The first-order valence-corrected chi connectivity index (χ1v) is 9.19. The van der Waals surface area contributed by atoms with Crippen molar-refractivity contribution in [3.8, 4) is 0 Å². The summed E-state index contributed by atoms with van der Waals surface area (Å²) in [5, 5.41) is 8.97. The number of anilines is 2. The van der Waals surface area contributed by atoms with Gasteiger partial charge in [0.2, 0.25) is 0 Å². The van der Waals surface area contributed by atoms with Gasteiger partial charge < -0.3 is 10.6 Å². The average Bonchev–Trinajstić information content (AvgIpc) is 2.76. The van der Waals surface area contributed by atoms with Crippen molar-refractivity contribution < 1.29 is 14.4 Å². The maximum atomic E-state index is 12.6. The maximum absolute atomic E-state index is 12.6. The monoisotopic (exact) mass is 400 g/mol. The second-order valence-corrected chi connectivity index (χ2v) is 6.43. The number of hydrazone groups is 1. The summed E-state index contributed by atoms with van der Waals surface area (Å²) in [6, 6.07) is 22.8. The van der Waals surface area contributed by atoms with Gasteiger partial charge in [-0.25, -0.2) is 5.43 Å². The van der Waals surface area contributed by atoms with Gasteiger partial charge in [0.05, 0.1) is 17.5 Å². The lowest BCUT2D eigenvalue weighted by Gasteiger charge is -2.11. The van der Waals surface area contributed by atoms with E-state index in [0.717, 1.165) is 11.1 Å². The second-order valence-electron chi connectivity index (χ2n) is 6.43. The molecule has 7 heteroatoms. The summed E-state index contributed by atoms with van der Waals surface area (Å²) >= 11 is 0. The summed E-state index contributed by atoms with van der Waals surface area (Å²) in [6.07, 6.45) is 1.44. The standard InChI is InChI=1S/C23H20N4O3/c1-16-11-13-17(14-12-16)15-24-27-23(30)22(29)26-20-10-6-5-9-19(20)21(28)25-18-7-3-2-4-8-18/h2-15H,1H3,(H,25,28)(H,26,29)(H,27,30)/b24-15-. The number of hydrogen-bond donors (Lipinski definition) is 3. The van der Waals surface area contributed by atoms with Crippen LogP contribution in [0.5, 0.6) is 0 Å². The molecule has 0 aliphatic rings. The zero-order chi connectivity index (χ0) is 21.3. The molecule has 3 N–H and O–H groups in total. The van der Waals surface area contributed by atoms with Crippen LogP contribution in [-0.2, 0) is 9.59 Å². The lowest BCUT2D eigenvalue weighted by molar-refractivity contribution is -0.136. The Labute approximate surface area is 173 Å². The van der Waals surface area contributed by atoms with Gasteiger partial charge in [-0.15, -0.1) is 0 Å². The minimum atomic E-state index is -0.948. The molecule has 7 nitrogen and oxygen atoms in total. The number of nitrogens with zero attached hydrogens (tertiary/aromatic N) is 1. The Kier molecular flexibility index (Phi) is 6.68. The molecule has 0 fully saturated rings.